The molecule has 0 unspecified atom stereocenters. The van der Waals surface area contributed by atoms with Crippen LogP contribution in [0, 0.1) is 10.1 Å². The van der Waals surface area contributed by atoms with Crippen molar-refractivity contribution in [3.05, 3.63) is 52.3 Å². The largest absolute Gasteiger partial charge is 0.320 e. The van der Waals surface area contributed by atoms with Gasteiger partial charge in [-0.2, -0.15) is 5.10 Å². The van der Waals surface area contributed by atoms with E-state index >= 15 is 0 Å². The fourth-order valence-electron chi connectivity index (χ4n) is 1.49. The Bertz CT molecular complexity index is 606. The van der Waals surface area contributed by atoms with Crippen LogP contribution in [0.2, 0.25) is 0 Å². The third kappa shape index (κ3) is 2.34. The van der Waals surface area contributed by atoms with Crippen LogP contribution in [0.3, 0.4) is 0 Å². The minimum absolute atomic E-state index is 0.0715. The van der Waals surface area contributed by atoms with Crippen LogP contribution >= 0.6 is 0 Å². The van der Waals surface area contributed by atoms with E-state index in [9.17, 15) is 14.9 Å². The molecule has 0 aliphatic heterocycles. The van der Waals surface area contributed by atoms with Crippen LogP contribution in [0.25, 0.3) is 0 Å². The van der Waals surface area contributed by atoms with Crippen LogP contribution in [-0.4, -0.2) is 20.6 Å². The number of non-ortho nitro benzene ring substituents is 1. The predicted octanol–water partition coefficient (Wildman–Crippen LogP) is 1.58. The van der Waals surface area contributed by atoms with Crippen molar-refractivity contribution in [2.45, 2.75) is 0 Å². The number of rotatable bonds is 3. The molecule has 18 heavy (non-hydrogen) atoms. The first-order valence-corrected chi connectivity index (χ1v) is 5.12. The van der Waals surface area contributed by atoms with E-state index in [1.807, 2.05) is 0 Å². The zero-order valence-corrected chi connectivity index (χ0v) is 9.53. The van der Waals surface area contributed by atoms with Gasteiger partial charge in [-0.1, -0.05) is 6.07 Å². The SMILES string of the molecule is Cn1nccc1C(=O)Nc1cccc([N+](=O)[O-])c1. The third-order valence-corrected chi connectivity index (χ3v) is 2.37. The van der Waals surface area contributed by atoms with E-state index in [0.717, 1.165) is 0 Å². The lowest BCUT2D eigenvalue weighted by atomic mass is 10.2. The summed E-state index contributed by atoms with van der Waals surface area (Å²) < 4.78 is 1.42. The summed E-state index contributed by atoms with van der Waals surface area (Å²) >= 11 is 0. The molecule has 0 saturated heterocycles. The van der Waals surface area contributed by atoms with Gasteiger partial charge in [0.1, 0.15) is 5.69 Å². The molecule has 1 heterocycles. The zero-order valence-electron chi connectivity index (χ0n) is 9.53. The monoisotopic (exact) mass is 246 g/mol. The van der Waals surface area contributed by atoms with Gasteiger partial charge in [0.25, 0.3) is 11.6 Å². The van der Waals surface area contributed by atoms with Crippen LogP contribution < -0.4 is 5.32 Å². The molecule has 7 heteroatoms. The average molecular weight is 246 g/mol. The molecule has 0 atom stereocenters. The van der Waals surface area contributed by atoms with E-state index in [1.54, 1.807) is 19.2 Å². The molecule has 0 spiro atoms. The summed E-state index contributed by atoms with van der Waals surface area (Å²) in [5.74, 6) is -0.365. The maximum atomic E-state index is 11.8. The molecule has 7 nitrogen and oxygen atoms in total. The Labute approximate surface area is 102 Å². The highest BCUT2D eigenvalue weighted by Crippen LogP contribution is 2.17. The Morgan fingerprint density at radius 2 is 2.22 bits per heavy atom. The number of nitro groups is 1. The number of amides is 1. The number of nitrogens with zero attached hydrogens (tertiary/aromatic N) is 3. The quantitative estimate of drug-likeness (QED) is 0.657. The van der Waals surface area contributed by atoms with Gasteiger partial charge in [-0.25, -0.2) is 0 Å². The van der Waals surface area contributed by atoms with Crippen molar-refractivity contribution in [2.24, 2.45) is 7.05 Å². The summed E-state index contributed by atoms with van der Waals surface area (Å²) in [7, 11) is 1.64. The summed E-state index contributed by atoms with van der Waals surface area (Å²) in [6.45, 7) is 0. The molecule has 1 N–H and O–H groups in total. The van der Waals surface area contributed by atoms with Gasteiger partial charge in [0, 0.05) is 31.1 Å². The topological polar surface area (TPSA) is 90.1 Å². The number of aryl methyl sites for hydroxylation is 1. The Morgan fingerprint density at radius 1 is 1.44 bits per heavy atom. The van der Waals surface area contributed by atoms with E-state index in [2.05, 4.69) is 10.4 Å². The van der Waals surface area contributed by atoms with Gasteiger partial charge in [0.2, 0.25) is 0 Å². The Morgan fingerprint density at radius 3 is 2.83 bits per heavy atom. The van der Waals surface area contributed by atoms with E-state index in [0.29, 0.717) is 11.4 Å². The van der Waals surface area contributed by atoms with Crippen LogP contribution in [0.4, 0.5) is 11.4 Å². The lowest BCUT2D eigenvalue weighted by Crippen LogP contribution is -2.16. The van der Waals surface area contributed by atoms with E-state index in [1.165, 1.54) is 29.1 Å². The predicted molar refractivity (Wildman–Crippen MR) is 64.3 cm³/mol. The van der Waals surface area contributed by atoms with Crippen LogP contribution in [-0.2, 0) is 7.05 Å². The first-order valence-electron chi connectivity index (χ1n) is 5.12. The lowest BCUT2D eigenvalue weighted by molar-refractivity contribution is -0.384. The number of nitrogens with one attached hydrogen (secondary N) is 1. The maximum absolute atomic E-state index is 11.8. The van der Waals surface area contributed by atoms with E-state index in [-0.39, 0.29) is 11.6 Å². The molecule has 0 aliphatic rings. The molecule has 1 aromatic carbocycles. The van der Waals surface area contributed by atoms with Gasteiger partial charge in [-0.05, 0) is 12.1 Å². The maximum Gasteiger partial charge on any atom is 0.273 e. The number of carbonyl (C=O) groups is 1. The second kappa shape index (κ2) is 4.66. The molecule has 92 valence electrons. The average Bonchev–Trinajstić information content (AvgIpc) is 2.76. The van der Waals surface area contributed by atoms with Crippen molar-refractivity contribution in [1.82, 2.24) is 9.78 Å². The molecule has 0 saturated carbocycles. The van der Waals surface area contributed by atoms with Gasteiger partial charge in [-0.3, -0.25) is 19.6 Å². The number of nitro benzene ring substituents is 1. The number of anilines is 1. The summed E-state index contributed by atoms with van der Waals surface area (Å²) in [4.78, 5) is 21.9. The normalized spacial score (nSPS) is 10.1. The molecule has 1 amide bonds. The summed E-state index contributed by atoms with van der Waals surface area (Å²) in [6, 6.07) is 7.32. The number of benzene rings is 1. The van der Waals surface area contributed by atoms with E-state index in [4.69, 9.17) is 0 Å². The standard InChI is InChI=1S/C11H10N4O3/c1-14-10(5-6-12-14)11(16)13-8-3-2-4-9(7-8)15(17)18/h2-7H,1H3,(H,13,16). The molecule has 2 aromatic rings. The van der Waals surface area contributed by atoms with Gasteiger partial charge < -0.3 is 5.32 Å². The molecule has 0 fully saturated rings. The second-order valence-corrected chi connectivity index (χ2v) is 3.60. The summed E-state index contributed by atoms with van der Waals surface area (Å²) in [6.07, 6.45) is 1.50. The van der Waals surface area contributed by atoms with Gasteiger partial charge in [-0.15, -0.1) is 0 Å². The third-order valence-electron chi connectivity index (χ3n) is 2.37. The first kappa shape index (κ1) is 11.8. The van der Waals surface area contributed by atoms with E-state index < -0.39 is 4.92 Å². The second-order valence-electron chi connectivity index (χ2n) is 3.60. The molecule has 0 radical (unpaired) electrons. The van der Waals surface area contributed by atoms with Crippen molar-refractivity contribution < 1.29 is 9.72 Å². The zero-order chi connectivity index (χ0) is 13.1. The first-order chi connectivity index (χ1) is 8.58. The minimum Gasteiger partial charge on any atom is -0.320 e. The minimum atomic E-state index is -0.514. The van der Waals surface area contributed by atoms with Crippen molar-refractivity contribution in [1.29, 1.82) is 0 Å². The van der Waals surface area contributed by atoms with Crippen LogP contribution in [0.5, 0.6) is 0 Å². The fourth-order valence-corrected chi connectivity index (χ4v) is 1.49. The summed E-state index contributed by atoms with van der Waals surface area (Å²) in [5.41, 5.74) is 0.676. The lowest BCUT2D eigenvalue weighted by Gasteiger charge is -2.04. The van der Waals surface area contributed by atoms with Gasteiger partial charge >= 0.3 is 0 Å². The highest BCUT2D eigenvalue weighted by Gasteiger charge is 2.12. The molecule has 2 rings (SSSR count). The van der Waals surface area contributed by atoms with Crippen molar-refractivity contribution >= 4 is 17.3 Å². The van der Waals surface area contributed by atoms with Crippen LogP contribution in [0.15, 0.2) is 36.5 Å². The highest BCUT2D eigenvalue weighted by atomic mass is 16.6. The van der Waals surface area contributed by atoms with Crippen LogP contribution in [0.1, 0.15) is 10.5 Å². The molecule has 1 aromatic heterocycles. The highest BCUT2D eigenvalue weighted by molar-refractivity contribution is 6.03. The van der Waals surface area contributed by atoms with Gasteiger partial charge in [0.15, 0.2) is 0 Å². The smallest absolute Gasteiger partial charge is 0.273 e. The number of hydrogen-bond donors (Lipinski definition) is 1. The number of aromatic nitrogens is 2. The van der Waals surface area contributed by atoms with Crippen molar-refractivity contribution in [3.63, 3.8) is 0 Å². The summed E-state index contributed by atoms with van der Waals surface area (Å²) in [5, 5.41) is 17.0. The Hall–Kier alpha value is -2.70. The molecule has 0 bridgehead atoms. The number of hydrogen-bond acceptors (Lipinski definition) is 4. The van der Waals surface area contributed by atoms with Gasteiger partial charge in [0.05, 0.1) is 4.92 Å². The Kier molecular flexibility index (Phi) is 3.05. The molecule has 0 aliphatic carbocycles. The number of carbonyl (C=O) groups excluding carboxylic acids is 1. The fraction of sp³-hybridized carbons (Fsp3) is 0.0909. The van der Waals surface area contributed by atoms with Crippen molar-refractivity contribution in [2.75, 3.05) is 5.32 Å². The van der Waals surface area contributed by atoms with Crippen molar-refractivity contribution in [3.8, 4) is 0 Å². The molecular formula is C11H10N4O3. The molecular weight excluding hydrogens is 236 g/mol. The Balaban J connectivity index is 2.20.